The van der Waals surface area contributed by atoms with Crippen molar-refractivity contribution >= 4 is 11.9 Å². The number of carbonyl (C=O) groups is 2. The molecule has 2 aromatic carbocycles. The van der Waals surface area contributed by atoms with Gasteiger partial charge in [0.05, 0.1) is 37.6 Å². The van der Waals surface area contributed by atoms with E-state index in [1.54, 1.807) is 41.0 Å². The van der Waals surface area contributed by atoms with Gasteiger partial charge in [-0.25, -0.2) is 4.79 Å². The molecule has 32 heavy (non-hydrogen) atoms. The van der Waals surface area contributed by atoms with Crippen LogP contribution in [0.5, 0.6) is 5.75 Å². The molecular weight excluding hydrogens is 412 g/mol. The van der Waals surface area contributed by atoms with Crippen LogP contribution in [0.15, 0.2) is 48.5 Å². The summed E-state index contributed by atoms with van der Waals surface area (Å²) in [5.41, 5.74) is 1.48. The minimum absolute atomic E-state index is 0.172. The molecule has 0 saturated carbocycles. The van der Waals surface area contributed by atoms with Crippen molar-refractivity contribution in [1.82, 2.24) is 30.0 Å². The molecule has 0 atom stereocenters. The van der Waals surface area contributed by atoms with Gasteiger partial charge in [-0.1, -0.05) is 12.1 Å². The Morgan fingerprint density at radius 1 is 0.938 bits per heavy atom. The zero-order valence-electron chi connectivity index (χ0n) is 18.0. The fraction of sp³-hybridized carbons (Fsp3) is 0.318. The molecule has 1 aliphatic heterocycles. The van der Waals surface area contributed by atoms with Gasteiger partial charge in [-0.05, 0) is 46.8 Å². The number of carbonyl (C=O) groups excluding carboxylic acids is 2. The van der Waals surface area contributed by atoms with Crippen molar-refractivity contribution in [2.24, 2.45) is 0 Å². The van der Waals surface area contributed by atoms with Gasteiger partial charge in [-0.15, -0.1) is 5.10 Å². The Balaban J connectivity index is 1.40. The van der Waals surface area contributed by atoms with Gasteiger partial charge >= 0.3 is 5.97 Å². The summed E-state index contributed by atoms with van der Waals surface area (Å²) in [6, 6.07) is 14.2. The normalized spacial score (nSPS) is 14.2. The van der Waals surface area contributed by atoms with Crippen LogP contribution in [0.3, 0.4) is 0 Å². The first-order valence-electron chi connectivity index (χ1n) is 10.2. The molecule has 10 nitrogen and oxygen atoms in total. The van der Waals surface area contributed by atoms with E-state index >= 15 is 0 Å². The van der Waals surface area contributed by atoms with E-state index in [9.17, 15) is 9.59 Å². The number of amides is 1. The largest absolute Gasteiger partial charge is 0.497 e. The third kappa shape index (κ3) is 4.45. The van der Waals surface area contributed by atoms with Crippen molar-refractivity contribution in [1.29, 1.82) is 0 Å². The summed E-state index contributed by atoms with van der Waals surface area (Å²) < 4.78 is 11.7. The van der Waals surface area contributed by atoms with Crippen LogP contribution in [0, 0.1) is 0 Å². The number of nitrogens with zero attached hydrogens (tertiary/aromatic N) is 6. The van der Waals surface area contributed by atoms with E-state index in [1.807, 2.05) is 24.3 Å². The summed E-state index contributed by atoms with van der Waals surface area (Å²) >= 11 is 0. The lowest BCUT2D eigenvalue weighted by Crippen LogP contribution is -2.48. The minimum Gasteiger partial charge on any atom is -0.497 e. The topological polar surface area (TPSA) is 103 Å². The highest BCUT2D eigenvalue weighted by molar-refractivity contribution is 6.05. The molecule has 0 bridgehead atoms. The molecule has 1 fully saturated rings. The van der Waals surface area contributed by atoms with Gasteiger partial charge in [0.2, 0.25) is 0 Å². The summed E-state index contributed by atoms with van der Waals surface area (Å²) in [7, 11) is 2.93. The van der Waals surface area contributed by atoms with Crippen molar-refractivity contribution < 1.29 is 19.1 Å². The molecule has 0 N–H and O–H groups in total. The molecule has 3 aromatic rings. The lowest BCUT2D eigenvalue weighted by atomic mass is 10.1. The van der Waals surface area contributed by atoms with Gasteiger partial charge in [0.25, 0.3) is 5.91 Å². The number of rotatable bonds is 6. The smallest absolute Gasteiger partial charge is 0.338 e. The van der Waals surface area contributed by atoms with Gasteiger partial charge in [-0.3, -0.25) is 9.69 Å². The maximum atomic E-state index is 13.0. The Labute approximate surface area is 185 Å². The minimum atomic E-state index is -0.516. The molecule has 166 valence electrons. The summed E-state index contributed by atoms with van der Waals surface area (Å²) in [5.74, 6) is 0.788. The molecule has 1 aliphatic rings. The second-order valence-electron chi connectivity index (χ2n) is 7.31. The van der Waals surface area contributed by atoms with E-state index in [0.717, 1.165) is 11.4 Å². The third-order valence-corrected chi connectivity index (χ3v) is 5.44. The predicted molar refractivity (Wildman–Crippen MR) is 115 cm³/mol. The van der Waals surface area contributed by atoms with Crippen molar-refractivity contribution in [2.45, 2.75) is 6.54 Å². The molecule has 0 radical (unpaired) electrons. The number of tetrazole rings is 1. The average Bonchev–Trinajstić information content (AvgIpc) is 3.31. The predicted octanol–water partition coefficient (Wildman–Crippen LogP) is 1.42. The van der Waals surface area contributed by atoms with Crippen molar-refractivity contribution in [2.75, 3.05) is 40.4 Å². The lowest BCUT2D eigenvalue weighted by molar-refractivity contribution is 0.0569. The Hall–Kier alpha value is -3.79. The molecule has 2 heterocycles. The Kier molecular flexibility index (Phi) is 6.41. The molecule has 10 heteroatoms. The molecule has 1 amide bonds. The molecule has 1 saturated heterocycles. The first-order chi connectivity index (χ1) is 15.6. The number of ether oxygens (including phenoxy) is 2. The fourth-order valence-corrected chi connectivity index (χ4v) is 3.67. The average molecular weight is 436 g/mol. The monoisotopic (exact) mass is 436 g/mol. The number of piperazine rings is 1. The van der Waals surface area contributed by atoms with Crippen LogP contribution < -0.4 is 4.74 Å². The van der Waals surface area contributed by atoms with Crippen LogP contribution in [0.2, 0.25) is 0 Å². The first kappa shape index (κ1) is 21.4. The Bertz CT molecular complexity index is 1090. The summed E-state index contributed by atoms with van der Waals surface area (Å²) in [4.78, 5) is 29.0. The number of hydrogen-bond acceptors (Lipinski definition) is 8. The number of hydrogen-bond donors (Lipinski definition) is 0. The molecule has 0 spiro atoms. The second kappa shape index (κ2) is 9.56. The molecule has 1 aromatic heterocycles. The van der Waals surface area contributed by atoms with Crippen LogP contribution >= 0.6 is 0 Å². The Morgan fingerprint density at radius 2 is 1.62 bits per heavy atom. The quantitative estimate of drug-likeness (QED) is 0.535. The zero-order chi connectivity index (χ0) is 22.5. The van der Waals surface area contributed by atoms with Crippen LogP contribution in [0.4, 0.5) is 0 Å². The van der Waals surface area contributed by atoms with E-state index < -0.39 is 5.97 Å². The molecule has 4 rings (SSSR count). The van der Waals surface area contributed by atoms with Gasteiger partial charge < -0.3 is 14.4 Å². The highest BCUT2D eigenvalue weighted by Crippen LogP contribution is 2.18. The maximum Gasteiger partial charge on any atom is 0.338 e. The third-order valence-electron chi connectivity index (χ3n) is 5.44. The van der Waals surface area contributed by atoms with Crippen LogP contribution in [-0.4, -0.2) is 82.3 Å². The molecular formula is C22H24N6O4. The fourth-order valence-electron chi connectivity index (χ4n) is 3.67. The van der Waals surface area contributed by atoms with Crippen LogP contribution in [0.1, 0.15) is 26.5 Å². The number of benzene rings is 2. The van der Waals surface area contributed by atoms with E-state index in [-0.39, 0.29) is 11.5 Å². The number of aromatic nitrogens is 4. The highest BCUT2D eigenvalue weighted by Gasteiger charge is 2.26. The Morgan fingerprint density at radius 3 is 2.28 bits per heavy atom. The highest BCUT2D eigenvalue weighted by atomic mass is 16.5. The zero-order valence-corrected chi connectivity index (χ0v) is 18.0. The van der Waals surface area contributed by atoms with Gasteiger partial charge in [0.15, 0.2) is 5.82 Å². The van der Waals surface area contributed by atoms with Crippen molar-refractivity contribution in [3.63, 3.8) is 0 Å². The number of methoxy groups -OCH3 is 2. The van der Waals surface area contributed by atoms with Gasteiger partial charge in [0, 0.05) is 26.2 Å². The van der Waals surface area contributed by atoms with Crippen LogP contribution in [-0.2, 0) is 11.3 Å². The van der Waals surface area contributed by atoms with E-state index in [1.165, 1.54) is 7.11 Å². The standard InChI is InChI=1S/C22H24N6O4/c1-31-17-9-7-16(8-10-17)28-20(23-24-25-28)15-26-11-13-27(14-12-26)21(29)18-5-3-4-6-19(18)22(30)32-2/h3-10H,11-15H2,1-2H3. The maximum absolute atomic E-state index is 13.0. The summed E-state index contributed by atoms with van der Waals surface area (Å²) in [6.45, 7) is 2.97. The second-order valence-corrected chi connectivity index (χ2v) is 7.31. The van der Waals surface area contributed by atoms with Gasteiger partial charge in [0.1, 0.15) is 5.75 Å². The summed E-state index contributed by atoms with van der Waals surface area (Å²) in [5, 5.41) is 12.1. The van der Waals surface area contributed by atoms with Gasteiger partial charge in [-0.2, -0.15) is 4.68 Å². The van der Waals surface area contributed by atoms with E-state index in [4.69, 9.17) is 9.47 Å². The molecule has 0 unspecified atom stereocenters. The first-order valence-corrected chi connectivity index (χ1v) is 10.2. The molecule has 0 aliphatic carbocycles. The van der Waals surface area contributed by atoms with Crippen molar-refractivity contribution in [3.05, 3.63) is 65.5 Å². The van der Waals surface area contributed by atoms with Crippen molar-refractivity contribution in [3.8, 4) is 11.4 Å². The summed E-state index contributed by atoms with van der Waals surface area (Å²) in [6.07, 6.45) is 0. The van der Waals surface area contributed by atoms with E-state index in [2.05, 4.69) is 20.4 Å². The van der Waals surface area contributed by atoms with Crippen LogP contribution in [0.25, 0.3) is 5.69 Å². The SMILES string of the molecule is COC(=O)c1ccccc1C(=O)N1CCN(Cc2nnnn2-c2ccc(OC)cc2)CC1. The van der Waals surface area contributed by atoms with E-state index in [0.29, 0.717) is 44.1 Å². The number of esters is 1. The lowest BCUT2D eigenvalue weighted by Gasteiger charge is -2.34.